The first-order chi connectivity index (χ1) is 10.8. The second-order valence-corrected chi connectivity index (χ2v) is 6.88. The molecule has 0 radical (unpaired) electrons. The summed E-state index contributed by atoms with van der Waals surface area (Å²) in [6.07, 6.45) is 16.2. The third-order valence-electron chi connectivity index (χ3n) is 4.74. The van der Waals surface area contributed by atoms with Gasteiger partial charge in [0.15, 0.2) is 0 Å². The summed E-state index contributed by atoms with van der Waals surface area (Å²) in [5.74, 6) is 8.56. The van der Waals surface area contributed by atoms with Crippen LogP contribution in [0.25, 0.3) is 0 Å². The fraction of sp³-hybridized carbons (Fsp3) is 0.762. The summed E-state index contributed by atoms with van der Waals surface area (Å²) in [5, 5.41) is 9.20. The van der Waals surface area contributed by atoms with Crippen LogP contribution in [0.1, 0.15) is 84.0 Å². The highest BCUT2D eigenvalue weighted by molar-refractivity contribution is 4.98. The maximum absolute atomic E-state index is 9.20. The molecule has 1 heteroatoms. The summed E-state index contributed by atoms with van der Waals surface area (Å²) in [5.41, 5.74) is 0. The number of unbranched alkanes of at least 4 members (excludes halogenated alkanes) is 7. The Bertz CT molecular complexity index is 392. The van der Waals surface area contributed by atoms with Gasteiger partial charge in [-0.2, -0.15) is 5.26 Å². The summed E-state index contributed by atoms with van der Waals surface area (Å²) in [6.45, 7) is 6.02. The summed E-state index contributed by atoms with van der Waals surface area (Å²) < 4.78 is 0. The zero-order valence-electron chi connectivity index (χ0n) is 14.4. The van der Waals surface area contributed by atoms with Crippen molar-refractivity contribution in [2.45, 2.75) is 84.0 Å². The van der Waals surface area contributed by atoms with Crippen molar-refractivity contribution in [3.05, 3.63) is 12.7 Å². The lowest BCUT2D eigenvalue weighted by atomic mass is 9.96. The normalized spacial score (nSPS) is 20.5. The van der Waals surface area contributed by atoms with E-state index in [2.05, 4.69) is 31.4 Å². The zero-order valence-corrected chi connectivity index (χ0v) is 14.4. The highest BCUT2D eigenvalue weighted by Gasteiger charge is 2.34. The Morgan fingerprint density at radius 3 is 2.36 bits per heavy atom. The van der Waals surface area contributed by atoms with Crippen molar-refractivity contribution in [1.29, 1.82) is 5.26 Å². The molecule has 1 nitrogen and oxygen atoms in total. The molecule has 0 N–H and O–H groups in total. The molecule has 0 spiro atoms. The van der Waals surface area contributed by atoms with E-state index in [0.29, 0.717) is 5.92 Å². The van der Waals surface area contributed by atoms with Crippen LogP contribution in [0.5, 0.6) is 0 Å². The molecule has 122 valence electrons. The third kappa shape index (κ3) is 9.68. The van der Waals surface area contributed by atoms with Crippen molar-refractivity contribution < 1.29 is 0 Å². The predicted octanol–water partition coefficient (Wildman–Crippen LogP) is 6.26. The van der Waals surface area contributed by atoms with E-state index in [1.165, 1.54) is 38.5 Å². The van der Waals surface area contributed by atoms with Crippen molar-refractivity contribution in [2.75, 3.05) is 0 Å². The molecule has 1 aliphatic carbocycles. The van der Waals surface area contributed by atoms with Crippen molar-refractivity contribution in [1.82, 2.24) is 0 Å². The van der Waals surface area contributed by atoms with E-state index in [1.807, 2.05) is 6.08 Å². The highest BCUT2D eigenvalue weighted by Crippen LogP contribution is 2.43. The maximum atomic E-state index is 9.20. The van der Waals surface area contributed by atoms with Gasteiger partial charge in [0.1, 0.15) is 0 Å². The number of hydrogen-bond acceptors (Lipinski definition) is 1. The Morgan fingerprint density at radius 1 is 1.09 bits per heavy atom. The largest absolute Gasteiger partial charge is 0.198 e. The minimum Gasteiger partial charge on any atom is -0.198 e. The molecule has 0 heterocycles. The lowest BCUT2D eigenvalue weighted by molar-refractivity contribution is 0.471. The van der Waals surface area contributed by atoms with Crippen LogP contribution in [0.4, 0.5) is 0 Å². The van der Waals surface area contributed by atoms with Gasteiger partial charge in [-0.25, -0.2) is 0 Å². The molecule has 3 unspecified atom stereocenters. The van der Waals surface area contributed by atoms with Crippen LogP contribution in [0.15, 0.2) is 12.7 Å². The molecule has 0 saturated heterocycles. The van der Waals surface area contributed by atoms with Crippen molar-refractivity contribution in [3.63, 3.8) is 0 Å². The minimum atomic E-state index is 0.316. The molecule has 0 aliphatic heterocycles. The van der Waals surface area contributed by atoms with Gasteiger partial charge in [-0.05, 0) is 50.4 Å². The minimum absolute atomic E-state index is 0.316. The van der Waals surface area contributed by atoms with Gasteiger partial charge in [0.2, 0.25) is 0 Å². The fourth-order valence-corrected chi connectivity index (χ4v) is 2.97. The topological polar surface area (TPSA) is 23.8 Å². The van der Waals surface area contributed by atoms with Gasteiger partial charge < -0.3 is 0 Å². The number of nitrogens with zero attached hydrogens (tertiary/aromatic N) is 1. The Hall–Kier alpha value is -1.21. The first-order valence-corrected chi connectivity index (χ1v) is 9.24. The van der Waals surface area contributed by atoms with E-state index in [0.717, 1.165) is 50.4 Å². The van der Waals surface area contributed by atoms with Crippen LogP contribution in [0, 0.1) is 40.9 Å². The summed E-state index contributed by atoms with van der Waals surface area (Å²) >= 11 is 0. The van der Waals surface area contributed by atoms with Crippen LogP contribution in [0.3, 0.4) is 0 Å². The first kappa shape index (κ1) is 18.8. The van der Waals surface area contributed by atoms with E-state index < -0.39 is 0 Å². The number of rotatable bonds is 12. The Morgan fingerprint density at radius 2 is 1.73 bits per heavy atom. The van der Waals surface area contributed by atoms with E-state index in [4.69, 9.17) is 0 Å². The Kier molecular flexibility index (Phi) is 10.6. The predicted molar refractivity (Wildman–Crippen MR) is 95.1 cm³/mol. The molecular weight excluding hydrogens is 266 g/mol. The van der Waals surface area contributed by atoms with Gasteiger partial charge in [0.05, 0.1) is 6.07 Å². The lowest BCUT2D eigenvalue weighted by Gasteiger charge is -2.07. The standard InChI is InChI=1S/C21H33N/c1-3-4-5-6-7-8-9-10-11-12-13-14-15-20(18-22)17-21-16-19(21)2/h3,19-21H,1,4-6,9-17H2,2H3. The van der Waals surface area contributed by atoms with Crippen molar-refractivity contribution in [2.24, 2.45) is 17.8 Å². The average molecular weight is 300 g/mol. The Labute approximate surface area is 138 Å². The number of nitriles is 1. The van der Waals surface area contributed by atoms with E-state index in [-0.39, 0.29) is 0 Å². The van der Waals surface area contributed by atoms with Crippen LogP contribution in [-0.4, -0.2) is 0 Å². The number of hydrogen-bond donors (Lipinski definition) is 0. The molecular formula is C21H33N. The third-order valence-corrected chi connectivity index (χ3v) is 4.74. The second kappa shape index (κ2) is 12.3. The molecule has 0 aromatic carbocycles. The zero-order chi connectivity index (χ0) is 16.0. The van der Waals surface area contributed by atoms with Gasteiger partial charge in [0.25, 0.3) is 0 Å². The van der Waals surface area contributed by atoms with E-state index >= 15 is 0 Å². The molecule has 0 bridgehead atoms. The SMILES string of the molecule is C=CCCCC#CCCCCCCCC(C#N)CC1CC1C. The highest BCUT2D eigenvalue weighted by atomic mass is 14.4. The quantitative estimate of drug-likeness (QED) is 0.237. The monoisotopic (exact) mass is 299 g/mol. The van der Waals surface area contributed by atoms with Crippen molar-refractivity contribution in [3.8, 4) is 17.9 Å². The lowest BCUT2D eigenvalue weighted by Crippen LogP contribution is -1.99. The van der Waals surface area contributed by atoms with Crippen LogP contribution >= 0.6 is 0 Å². The fourth-order valence-electron chi connectivity index (χ4n) is 2.97. The molecule has 0 aromatic heterocycles. The van der Waals surface area contributed by atoms with Gasteiger partial charge in [-0.3, -0.25) is 0 Å². The van der Waals surface area contributed by atoms with Gasteiger partial charge >= 0.3 is 0 Å². The summed E-state index contributed by atoms with van der Waals surface area (Å²) in [7, 11) is 0. The molecule has 1 saturated carbocycles. The van der Waals surface area contributed by atoms with E-state index in [1.54, 1.807) is 0 Å². The number of allylic oxidation sites excluding steroid dienone is 1. The van der Waals surface area contributed by atoms with Gasteiger partial charge in [-0.1, -0.05) is 38.7 Å². The molecule has 0 aromatic rings. The molecule has 1 aliphatic rings. The van der Waals surface area contributed by atoms with Crippen LogP contribution in [0.2, 0.25) is 0 Å². The molecule has 22 heavy (non-hydrogen) atoms. The smallest absolute Gasteiger partial charge is 0.0655 e. The van der Waals surface area contributed by atoms with Gasteiger partial charge in [0, 0.05) is 18.8 Å². The first-order valence-electron chi connectivity index (χ1n) is 9.24. The summed E-state index contributed by atoms with van der Waals surface area (Å²) in [6, 6.07) is 2.51. The molecule has 3 atom stereocenters. The Balaban J connectivity index is 1.86. The van der Waals surface area contributed by atoms with E-state index in [9.17, 15) is 5.26 Å². The average Bonchev–Trinajstić information content (AvgIpc) is 3.22. The molecule has 0 amide bonds. The molecule has 1 rings (SSSR count). The van der Waals surface area contributed by atoms with Crippen molar-refractivity contribution >= 4 is 0 Å². The van der Waals surface area contributed by atoms with Gasteiger partial charge in [-0.15, -0.1) is 18.4 Å². The second-order valence-electron chi connectivity index (χ2n) is 6.88. The summed E-state index contributed by atoms with van der Waals surface area (Å²) in [4.78, 5) is 0. The van der Waals surface area contributed by atoms with Crippen LogP contribution < -0.4 is 0 Å². The maximum Gasteiger partial charge on any atom is 0.0655 e. The molecule has 1 fully saturated rings. The van der Waals surface area contributed by atoms with Crippen LogP contribution in [-0.2, 0) is 0 Å².